The van der Waals surface area contributed by atoms with Crippen molar-refractivity contribution in [3.8, 4) is 17.6 Å². The monoisotopic (exact) mass is 649 g/mol. The minimum atomic E-state index is -0.851. The van der Waals surface area contributed by atoms with E-state index in [2.05, 4.69) is 16.7 Å². The van der Waals surface area contributed by atoms with Crippen LogP contribution in [-0.4, -0.2) is 72.6 Å². The molecule has 0 radical (unpaired) electrons. The number of piperazine rings is 1. The van der Waals surface area contributed by atoms with E-state index in [0.29, 0.717) is 24.3 Å². The first-order valence-electron chi connectivity index (χ1n) is 16.8. The van der Waals surface area contributed by atoms with E-state index in [1.54, 1.807) is 34.4 Å². The lowest BCUT2D eigenvalue weighted by Crippen LogP contribution is -2.64. The number of carbonyl (C=O) groups excluding carboxylic acids is 3. The van der Waals surface area contributed by atoms with Gasteiger partial charge in [-0.25, -0.2) is 4.79 Å². The fourth-order valence-corrected chi connectivity index (χ4v) is 7.69. The van der Waals surface area contributed by atoms with Crippen LogP contribution in [0.15, 0.2) is 35.7 Å². The molecule has 2 atom stereocenters. The van der Waals surface area contributed by atoms with Crippen molar-refractivity contribution in [1.29, 1.82) is 5.26 Å². The molecule has 2 aromatic rings. The minimum absolute atomic E-state index is 0.0231. The third kappa shape index (κ3) is 9.01. The topological polar surface area (TPSA) is 124 Å². The molecule has 1 aromatic carbocycles. The zero-order valence-electron chi connectivity index (χ0n) is 26.9. The maximum Gasteiger partial charge on any atom is 0.415 e. The Labute approximate surface area is 276 Å². The molecule has 46 heavy (non-hydrogen) atoms. The van der Waals surface area contributed by atoms with E-state index in [-0.39, 0.29) is 49.7 Å². The number of hydrogen-bond donors (Lipinski definition) is 2. The smallest absolute Gasteiger partial charge is 0.415 e. The van der Waals surface area contributed by atoms with Crippen molar-refractivity contribution in [2.24, 2.45) is 5.92 Å². The first kappa shape index (κ1) is 33.7. The first-order chi connectivity index (χ1) is 22.4. The van der Waals surface area contributed by atoms with Gasteiger partial charge in [0.15, 0.2) is 11.5 Å². The lowest BCUT2D eigenvalue weighted by atomic mass is 9.83. The first-order valence-corrected chi connectivity index (χ1v) is 17.7. The second kappa shape index (κ2) is 16.8. The van der Waals surface area contributed by atoms with Crippen molar-refractivity contribution in [2.75, 3.05) is 26.7 Å². The van der Waals surface area contributed by atoms with Gasteiger partial charge in [-0.05, 0) is 54.3 Å². The average molecular weight is 650 g/mol. The third-order valence-corrected chi connectivity index (χ3v) is 10.5. The molecular formula is C35H47N5O5S. The Bertz CT molecular complexity index is 1330. The number of nitrogens with one attached hydrogen (secondary N) is 2. The summed E-state index contributed by atoms with van der Waals surface area (Å²) in [5.74, 6) is 0.743. The van der Waals surface area contributed by atoms with E-state index in [1.807, 2.05) is 17.5 Å². The van der Waals surface area contributed by atoms with Gasteiger partial charge in [-0.3, -0.25) is 9.59 Å². The van der Waals surface area contributed by atoms with Gasteiger partial charge in [0.2, 0.25) is 11.8 Å². The molecule has 3 aliphatic rings. The lowest BCUT2D eigenvalue weighted by molar-refractivity contribution is -0.145. The molecule has 0 unspecified atom stereocenters. The SMILES string of the molecule is COc1cc(CC#N)ccc1OC(=O)N1CCN(C(=O)[C@@H](CC2CCCCC2)NC2CCCCC2)[C@H](C(=O)NCc2cccs2)C1. The lowest BCUT2D eigenvalue weighted by Gasteiger charge is -2.42. The van der Waals surface area contributed by atoms with Gasteiger partial charge in [0, 0.05) is 24.0 Å². The number of benzene rings is 1. The molecule has 2 heterocycles. The normalized spacial score (nSPS) is 20.0. The van der Waals surface area contributed by atoms with Crippen LogP contribution in [0.3, 0.4) is 0 Å². The number of carbonyl (C=O) groups is 3. The molecule has 10 nitrogen and oxygen atoms in total. The Kier molecular flexibility index (Phi) is 12.3. The Morgan fingerprint density at radius 3 is 2.48 bits per heavy atom. The van der Waals surface area contributed by atoms with Crippen molar-refractivity contribution in [3.05, 3.63) is 46.2 Å². The Hall–Kier alpha value is -3.62. The van der Waals surface area contributed by atoms with Gasteiger partial charge in [0.1, 0.15) is 6.04 Å². The second-order valence-electron chi connectivity index (χ2n) is 12.8. The zero-order valence-corrected chi connectivity index (χ0v) is 27.7. The number of nitrogens with zero attached hydrogens (tertiary/aromatic N) is 3. The van der Waals surface area contributed by atoms with Crippen LogP contribution in [0.1, 0.15) is 81.1 Å². The number of thiophene rings is 1. The molecular weight excluding hydrogens is 602 g/mol. The Morgan fingerprint density at radius 2 is 1.78 bits per heavy atom. The quantitative estimate of drug-likeness (QED) is 0.334. The highest BCUT2D eigenvalue weighted by atomic mass is 32.1. The van der Waals surface area contributed by atoms with Crippen LogP contribution in [0.2, 0.25) is 0 Å². The van der Waals surface area contributed by atoms with Crippen molar-refractivity contribution in [3.63, 3.8) is 0 Å². The molecule has 3 amide bonds. The van der Waals surface area contributed by atoms with Crippen molar-refractivity contribution < 1.29 is 23.9 Å². The molecule has 1 aliphatic heterocycles. The van der Waals surface area contributed by atoms with Crippen LogP contribution >= 0.6 is 11.3 Å². The fourth-order valence-electron chi connectivity index (χ4n) is 7.05. The molecule has 11 heteroatoms. The number of ether oxygens (including phenoxy) is 2. The van der Waals surface area contributed by atoms with E-state index in [1.165, 1.54) is 50.5 Å². The van der Waals surface area contributed by atoms with Gasteiger partial charge in [0.25, 0.3) is 0 Å². The summed E-state index contributed by atoms with van der Waals surface area (Å²) in [6.45, 7) is 0.858. The van der Waals surface area contributed by atoms with Crippen molar-refractivity contribution >= 4 is 29.2 Å². The molecule has 0 bridgehead atoms. The predicted octanol–water partition coefficient (Wildman–Crippen LogP) is 5.41. The molecule has 0 spiro atoms. The summed E-state index contributed by atoms with van der Waals surface area (Å²) in [6, 6.07) is 10.1. The number of methoxy groups -OCH3 is 1. The highest BCUT2D eigenvalue weighted by Gasteiger charge is 2.41. The zero-order chi connectivity index (χ0) is 32.3. The number of hydrogen-bond acceptors (Lipinski definition) is 8. The molecule has 5 rings (SSSR count). The van der Waals surface area contributed by atoms with Crippen LogP contribution in [-0.2, 0) is 22.6 Å². The van der Waals surface area contributed by atoms with Crippen molar-refractivity contribution in [2.45, 2.75) is 102 Å². The number of nitriles is 1. The largest absolute Gasteiger partial charge is 0.493 e. The summed E-state index contributed by atoms with van der Waals surface area (Å²) in [6.07, 6.45) is 12.0. The van der Waals surface area contributed by atoms with Gasteiger partial charge in [-0.2, -0.15) is 5.26 Å². The summed E-state index contributed by atoms with van der Waals surface area (Å²) >= 11 is 1.56. The van der Waals surface area contributed by atoms with Gasteiger partial charge in [-0.1, -0.05) is 63.5 Å². The fraction of sp³-hybridized carbons (Fsp3) is 0.600. The van der Waals surface area contributed by atoms with E-state index in [9.17, 15) is 14.4 Å². The highest BCUT2D eigenvalue weighted by Crippen LogP contribution is 2.31. The maximum absolute atomic E-state index is 14.4. The summed E-state index contributed by atoms with van der Waals surface area (Å²) in [4.78, 5) is 45.9. The Morgan fingerprint density at radius 1 is 1.02 bits per heavy atom. The van der Waals surface area contributed by atoms with Gasteiger partial charge >= 0.3 is 6.09 Å². The summed E-state index contributed by atoms with van der Waals surface area (Å²) in [5, 5.41) is 17.8. The summed E-state index contributed by atoms with van der Waals surface area (Å²) in [7, 11) is 1.48. The van der Waals surface area contributed by atoms with E-state index in [0.717, 1.165) is 42.5 Å². The molecule has 1 saturated heterocycles. The third-order valence-electron chi connectivity index (χ3n) is 9.58. The molecule has 2 saturated carbocycles. The number of amides is 3. The van der Waals surface area contributed by atoms with Crippen LogP contribution in [0.25, 0.3) is 0 Å². The van der Waals surface area contributed by atoms with Crippen LogP contribution < -0.4 is 20.1 Å². The molecule has 2 N–H and O–H groups in total. The predicted molar refractivity (Wildman–Crippen MR) is 177 cm³/mol. The second-order valence-corrected chi connectivity index (χ2v) is 13.8. The van der Waals surface area contributed by atoms with Crippen LogP contribution in [0, 0.1) is 17.2 Å². The van der Waals surface area contributed by atoms with E-state index >= 15 is 0 Å². The van der Waals surface area contributed by atoms with Gasteiger partial charge in [0.05, 0.1) is 38.7 Å². The summed E-state index contributed by atoms with van der Waals surface area (Å²) < 4.78 is 11.2. The van der Waals surface area contributed by atoms with Crippen LogP contribution in [0.4, 0.5) is 4.79 Å². The average Bonchev–Trinajstić information content (AvgIpc) is 3.62. The van der Waals surface area contributed by atoms with E-state index < -0.39 is 12.1 Å². The highest BCUT2D eigenvalue weighted by molar-refractivity contribution is 7.09. The standard InChI is InChI=1S/C35H47N5O5S/c1-44-32-22-26(16-17-36)14-15-31(32)45-35(43)39-18-19-40(30(24-39)33(41)37-23-28-13-8-20-46-28)34(42)29(21-25-9-4-2-5-10-25)38-27-11-6-3-7-12-27/h8,13-15,20,22,25,27,29-30,38H,2-7,9-12,16,18-19,21,23-24H2,1H3,(H,37,41)/t29-,30+/m1/s1. The van der Waals surface area contributed by atoms with E-state index in [4.69, 9.17) is 14.7 Å². The molecule has 248 valence electrons. The minimum Gasteiger partial charge on any atom is -0.493 e. The summed E-state index contributed by atoms with van der Waals surface area (Å²) in [5.41, 5.74) is 0.748. The Balaban J connectivity index is 1.33. The maximum atomic E-state index is 14.4. The number of rotatable bonds is 11. The van der Waals surface area contributed by atoms with Gasteiger partial charge in [-0.15, -0.1) is 11.3 Å². The van der Waals surface area contributed by atoms with Gasteiger partial charge < -0.3 is 29.9 Å². The molecule has 3 fully saturated rings. The molecule has 1 aromatic heterocycles. The molecule has 2 aliphatic carbocycles. The van der Waals surface area contributed by atoms with Crippen LogP contribution in [0.5, 0.6) is 11.5 Å². The van der Waals surface area contributed by atoms with Crippen molar-refractivity contribution in [1.82, 2.24) is 20.4 Å².